The number of hydrogen-bond donors (Lipinski definition) is 1. The zero-order valence-electron chi connectivity index (χ0n) is 5.62. The predicted molar refractivity (Wildman–Crippen MR) is 34.9 cm³/mol. The van der Waals surface area contributed by atoms with Gasteiger partial charge in [-0.2, -0.15) is 8.42 Å². The zero-order valence-corrected chi connectivity index (χ0v) is 6.43. The van der Waals surface area contributed by atoms with Gasteiger partial charge in [0.25, 0.3) is 0 Å². The van der Waals surface area contributed by atoms with Gasteiger partial charge in [-0.25, -0.2) is 9.18 Å². The second-order valence-corrected chi connectivity index (χ2v) is 3.33. The van der Waals surface area contributed by atoms with Gasteiger partial charge in [0.2, 0.25) is 0 Å². The lowest BCUT2D eigenvalue weighted by Crippen LogP contribution is -2.21. The lowest BCUT2D eigenvalue weighted by atomic mass is 10.8. The number of alkyl halides is 1. The van der Waals surface area contributed by atoms with E-state index < -0.39 is 28.5 Å². The number of carbonyl (C=O) groups is 1. The Hall–Kier alpha value is -0.690. The molecule has 5 nitrogen and oxygen atoms in total. The average molecular weight is 185 g/mol. The van der Waals surface area contributed by atoms with E-state index in [4.69, 9.17) is 5.73 Å². The smallest absolute Gasteiger partial charge is 0.343 e. The van der Waals surface area contributed by atoms with Gasteiger partial charge in [-0.3, -0.25) is 0 Å². The molecule has 2 N–H and O–H groups in total. The molecule has 0 aromatic carbocycles. The van der Waals surface area contributed by atoms with Crippen LogP contribution >= 0.6 is 0 Å². The van der Waals surface area contributed by atoms with Gasteiger partial charge in [0.05, 0.1) is 5.75 Å². The molecule has 0 saturated heterocycles. The largest absolute Gasteiger partial charge is 0.353 e. The normalized spacial score (nSPS) is 11.1. The number of nitrogens with two attached hydrogens (primary N) is 1. The molecule has 11 heavy (non-hydrogen) atoms. The fourth-order valence-corrected chi connectivity index (χ4v) is 1.05. The Bertz CT molecular complexity index is 224. The number of halogens is 1. The van der Waals surface area contributed by atoms with E-state index in [-0.39, 0.29) is 6.54 Å². The summed E-state index contributed by atoms with van der Waals surface area (Å²) in [5.41, 5.74) is 4.87. The van der Waals surface area contributed by atoms with Crippen LogP contribution < -0.4 is 5.73 Å². The van der Waals surface area contributed by atoms with Crippen LogP contribution in [-0.4, -0.2) is 33.4 Å². The highest BCUT2D eigenvalue weighted by Crippen LogP contribution is 1.92. The molecule has 0 rings (SSSR count). The minimum Gasteiger partial charge on any atom is -0.343 e. The highest BCUT2D eigenvalue weighted by Gasteiger charge is 2.15. The van der Waals surface area contributed by atoms with Crippen LogP contribution in [0.15, 0.2) is 0 Å². The Morgan fingerprint density at radius 3 is 2.45 bits per heavy atom. The van der Waals surface area contributed by atoms with E-state index in [1.807, 2.05) is 0 Å². The van der Waals surface area contributed by atoms with Crippen molar-refractivity contribution in [3.05, 3.63) is 0 Å². The Labute approximate surface area is 63.4 Å². The summed E-state index contributed by atoms with van der Waals surface area (Å²) in [7, 11) is -3.96. The summed E-state index contributed by atoms with van der Waals surface area (Å²) in [4.78, 5) is 10.1. The van der Waals surface area contributed by atoms with E-state index in [1.165, 1.54) is 0 Å². The minimum absolute atomic E-state index is 0.165. The van der Waals surface area contributed by atoms with Gasteiger partial charge in [-0.15, -0.1) is 0 Å². The first-order chi connectivity index (χ1) is 5.02. The number of carbonyl (C=O) groups excluding carboxylic acids is 1. The van der Waals surface area contributed by atoms with Gasteiger partial charge in [-0.05, 0) is 0 Å². The summed E-state index contributed by atoms with van der Waals surface area (Å²) in [5, 5.41) is 0. The molecule has 0 heterocycles. The van der Waals surface area contributed by atoms with Crippen molar-refractivity contribution in [2.24, 2.45) is 5.73 Å². The van der Waals surface area contributed by atoms with Crippen LogP contribution in [0, 0.1) is 0 Å². The molecule has 0 aromatic heterocycles. The predicted octanol–water partition coefficient (Wildman–Crippen LogP) is -1.21. The fraction of sp³-hybridized carbons (Fsp3) is 0.750. The molecule has 0 radical (unpaired) electrons. The molecule has 0 fully saturated rings. The molecule has 66 valence electrons. The van der Waals surface area contributed by atoms with Crippen LogP contribution in [0.4, 0.5) is 4.39 Å². The molecule has 0 amide bonds. The zero-order chi connectivity index (χ0) is 8.91. The third-order valence-corrected chi connectivity index (χ3v) is 1.87. The monoisotopic (exact) mass is 185 g/mol. The third-order valence-electron chi connectivity index (χ3n) is 0.697. The molecule has 0 atom stereocenters. The molecule has 0 bridgehead atoms. The van der Waals surface area contributed by atoms with Crippen molar-refractivity contribution in [3.63, 3.8) is 0 Å². The van der Waals surface area contributed by atoms with E-state index in [0.717, 1.165) is 0 Å². The molecule has 0 aliphatic carbocycles. The van der Waals surface area contributed by atoms with Gasteiger partial charge in [0.1, 0.15) is 0 Å². The molecule has 0 spiro atoms. The third kappa shape index (κ3) is 4.68. The van der Waals surface area contributed by atoms with E-state index in [9.17, 15) is 17.6 Å². The SMILES string of the molecule is NCCS(=O)(=O)OC(=O)CF. The van der Waals surface area contributed by atoms with E-state index in [2.05, 4.69) is 4.18 Å². The van der Waals surface area contributed by atoms with Crippen molar-refractivity contribution in [1.29, 1.82) is 0 Å². The highest BCUT2D eigenvalue weighted by atomic mass is 32.2. The van der Waals surface area contributed by atoms with Crippen LogP contribution in [0.3, 0.4) is 0 Å². The summed E-state index contributed by atoms with van der Waals surface area (Å²) < 4.78 is 36.1. The molecule has 0 aromatic rings. The van der Waals surface area contributed by atoms with E-state index in [0.29, 0.717) is 0 Å². The van der Waals surface area contributed by atoms with Gasteiger partial charge >= 0.3 is 16.1 Å². The molecule has 7 heteroatoms. The van der Waals surface area contributed by atoms with Gasteiger partial charge < -0.3 is 9.92 Å². The molecular weight excluding hydrogens is 177 g/mol. The van der Waals surface area contributed by atoms with Gasteiger partial charge in [-0.1, -0.05) is 0 Å². The van der Waals surface area contributed by atoms with Crippen LogP contribution in [0.5, 0.6) is 0 Å². The lowest BCUT2D eigenvalue weighted by molar-refractivity contribution is -0.134. The summed E-state index contributed by atoms with van der Waals surface area (Å²) >= 11 is 0. The first-order valence-corrected chi connectivity index (χ1v) is 4.30. The molecule has 0 saturated carbocycles. The average Bonchev–Trinajstić information content (AvgIpc) is 1.86. The Morgan fingerprint density at radius 1 is 1.55 bits per heavy atom. The first kappa shape index (κ1) is 10.3. The van der Waals surface area contributed by atoms with Crippen molar-refractivity contribution < 1.29 is 21.8 Å². The van der Waals surface area contributed by atoms with Crippen molar-refractivity contribution in [2.75, 3.05) is 19.0 Å². The maximum Gasteiger partial charge on any atom is 0.353 e. The molecule has 0 aliphatic rings. The van der Waals surface area contributed by atoms with Crippen molar-refractivity contribution >= 4 is 16.1 Å². The molecule has 0 aliphatic heterocycles. The Kier molecular flexibility index (Phi) is 3.98. The standard InChI is InChI=1S/C4H8FNO4S/c5-3-4(7)10-11(8,9)2-1-6/h1-3,6H2. The lowest BCUT2D eigenvalue weighted by Gasteiger charge is -2.00. The summed E-state index contributed by atoms with van der Waals surface area (Å²) in [5.74, 6) is -1.91. The van der Waals surface area contributed by atoms with Crippen LogP contribution in [0.2, 0.25) is 0 Å². The van der Waals surface area contributed by atoms with Crippen molar-refractivity contribution in [1.82, 2.24) is 0 Å². The Balaban J connectivity index is 4.03. The van der Waals surface area contributed by atoms with Crippen LogP contribution in [0.1, 0.15) is 0 Å². The van der Waals surface area contributed by atoms with Gasteiger partial charge in [0.15, 0.2) is 6.67 Å². The van der Waals surface area contributed by atoms with Crippen LogP contribution in [0.25, 0.3) is 0 Å². The number of hydrogen-bond acceptors (Lipinski definition) is 5. The highest BCUT2D eigenvalue weighted by molar-refractivity contribution is 7.87. The van der Waals surface area contributed by atoms with E-state index >= 15 is 0 Å². The maximum absolute atomic E-state index is 11.4. The molecule has 0 unspecified atom stereocenters. The summed E-state index contributed by atoms with van der Waals surface area (Å²) in [6, 6.07) is 0. The minimum atomic E-state index is -3.96. The number of rotatable bonds is 4. The fourth-order valence-electron chi connectivity index (χ4n) is 0.350. The molecular formula is C4H8FNO4S. The van der Waals surface area contributed by atoms with E-state index in [1.54, 1.807) is 0 Å². The van der Waals surface area contributed by atoms with Crippen LogP contribution in [-0.2, 0) is 19.1 Å². The Morgan fingerprint density at radius 2 is 2.09 bits per heavy atom. The topological polar surface area (TPSA) is 86.5 Å². The summed E-state index contributed by atoms with van der Waals surface area (Å²) in [6.07, 6.45) is 0. The quantitative estimate of drug-likeness (QED) is 0.555. The van der Waals surface area contributed by atoms with Crippen molar-refractivity contribution in [2.45, 2.75) is 0 Å². The summed E-state index contributed by atoms with van der Waals surface area (Å²) in [6.45, 7) is -1.62. The van der Waals surface area contributed by atoms with Gasteiger partial charge in [0, 0.05) is 6.54 Å². The first-order valence-electron chi connectivity index (χ1n) is 2.73. The second-order valence-electron chi connectivity index (χ2n) is 1.64. The maximum atomic E-state index is 11.4. The second kappa shape index (κ2) is 4.24. The van der Waals surface area contributed by atoms with Crippen molar-refractivity contribution in [3.8, 4) is 0 Å².